The lowest BCUT2D eigenvalue weighted by Gasteiger charge is -2.18. The van der Waals surface area contributed by atoms with Gasteiger partial charge in [-0.05, 0) is 13.3 Å². The lowest BCUT2D eigenvalue weighted by Crippen LogP contribution is -2.34. The maximum atomic E-state index is 11.5. The minimum atomic E-state index is -0.512. The summed E-state index contributed by atoms with van der Waals surface area (Å²) < 4.78 is 5.12. The predicted octanol–water partition coefficient (Wildman–Crippen LogP) is 1.03. The molecule has 0 aromatic carbocycles. The van der Waals surface area contributed by atoms with Crippen LogP contribution in [0.3, 0.4) is 0 Å². The summed E-state index contributed by atoms with van der Waals surface area (Å²) in [6.45, 7) is 5.47. The third-order valence-corrected chi connectivity index (χ3v) is 2.01. The molecular weight excluding hydrogens is 180 g/mol. The van der Waals surface area contributed by atoms with Crippen LogP contribution in [0.5, 0.6) is 0 Å². The molecule has 0 rings (SSSR count). The van der Waals surface area contributed by atoms with Crippen LogP contribution in [-0.2, 0) is 9.53 Å². The summed E-state index contributed by atoms with van der Waals surface area (Å²) in [7, 11) is 1.70. The third kappa shape index (κ3) is 4.24. The highest BCUT2D eigenvalue weighted by Gasteiger charge is 2.19. The SMILES string of the molecule is CCOCCN(C)C(=O)C(C#N)CC. The molecule has 0 N–H and O–H groups in total. The molecule has 0 saturated heterocycles. The Morgan fingerprint density at radius 3 is 2.64 bits per heavy atom. The van der Waals surface area contributed by atoms with Crippen molar-refractivity contribution < 1.29 is 9.53 Å². The number of ether oxygens (including phenoxy) is 1. The van der Waals surface area contributed by atoms with E-state index >= 15 is 0 Å². The second-order valence-electron chi connectivity index (χ2n) is 3.05. The molecule has 0 aromatic rings. The molecule has 14 heavy (non-hydrogen) atoms. The van der Waals surface area contributed by atoms with Gasteiger partial charge in [0.2, 0.25) is 5.91 Å². The maximum absolute atomic E-state index is 11.5. The van der Waals surface area contributed by atoms with E-state index in [0.717, 1.165) is 0 Å². The molecule has 0 saturated carbocycles. The molecular formula is C10H18N2O2. The van der Waals surface area contributed by atoms with E-state index in [1.807, 2.05) is 19.9 Å². The van der Waals surface area contributed by atoms with Crippen molar-refractivity contribution >= 4 is 5.91 Å². The summed E-state index contributed by atoms with van der Waals surface area (Å²) in [6, 6.07) is 1.99. The van der Waals surface area contributed by atoms with Crippen molar-refractivity contribution in [1.82, 2.24) is 4.90 Å². The van der Waals surface area contributed by atoms with Crippen molar-refractivity contribution in [1.29, 1.82) is 5.26 Å². The molecule has 0 fully saturated rings. The van der Waals surface area contributed by atoms with Gasteiger partial charge >= 0.3 is 0 Å². The van der Waals surface area contributed by atoms with E-state index in [4.69, 9.17) is 10.00 Å². The fourth-order valence-corrected chi connectivity index (χ4v) is 1.04. The Bertz CT molecular complexity index is 211. The molecule has 0 heterocycles. The van der Waals surface area contributed by atoms with Gasteiger partial charge in [-0.15, -0.1) is 0 Å². The standard InChI is InChI=1S/C10H18N2O2/c1-4-9(8-11)10(13)12(3)6-7-14-5-2/h9H,4-7H2,1-3H3. The lowest BCUT2D eigenvalue weighted by atomic mass is 10.1. The van der Waals surface area contributed by atoms with E-state index in [2.05, 4.69) is 0 Å². The van der Waals surface area contributed by atoms with Crippen molar-refractivity contribution in [2.75, 3.05) is 26.8 Å². The van der Waals surface area contributed by atoms with Gasteiger partial charge in [0.1, 0.15) is 5.92 Å². The fourth-order valence-electron chi connectivity index (χ4n) is 1.04. The van der Waals surface area contributed by atoms with Crippen LogP contribution in [-0.4, -0.2) is 37.6 Å². The average molecular weight is 198 g/mol. The molecule has 0 radical (unpaired) electrons. The first kappa shape index (κ1) is 12.9. The van der Waals surface area contributed by atoms with Gasteiger partial charge in [0.25, 0.3) is 0 Å². The summed E-state index contributed by atoms with van der Waals surface area (Å²) in [6.07, 6.45) is 0.564. The van der Waals surface area contributed by atoms with Gasteiger partial charge in [-0.3, -0.25) is 4.79 Å². The predicted molar refractivity (Wildman–Crippen MR) is 53.5 cm³/mol. The number of hydrogen-bond acceptors (Lipinski definition) is 3. The Kier molecular flexibility index (Phi) is 6.77. The minimum absolute atomic E-state index is 0.116. The molecule has 1 unspecified atom stereocenters. The molecule has 4 nitrogen and oxygen atoms in total. The Morgan fingerprint density at radius 1 is 1.57 bits per heavy atom. The minimum Gasteiger partial charge on any atom is -0.380 e. The highest BCUT2D eigenvalue weighted by Crippen LogP contribution is 2.04. The number of likely N-dealkylation sites (N-methyl/N-ethyl adjacent to an activating group) is 1. The summed E-state index contributed by atoms with van der Waals surface area (Å²) in [5, 5.41) is 8.69. The number of nitriles is 1. The Balaban J connectivity index is 3.92. The van der Waals surface area contributed by atoms with E-state index < -0.39 is 5.92 Å². The van der Waals surface area contributed by atoms with Crippen molar-refractivity contribution in [3.63, 3.8) is 0 Å². The van der Waals surface area contributed by atoms with Crippen LogP contribution >= 0.6 is 0 Å². The van der Waals surface area contributed by atoms with Crippen molar-refractivity contribution in [3.8, 4) is 6.07 Å². The number of carbonyl (C=O) groups excluding carboxylic acids is 1. The number of nitrogens with zero attached hydrogens (tertiary/aromatic N) is 2. The first-order valence-electron chi connectivity index (χ1n) is 4.89. The topological polar surface area (TPSA) is 53.3 Å². The van der Waals surface area contributed by atoms with E-state index in [9.17, 15) is 4.79 Å². The number of rotatable bonds is 6. The number of hydrogen-bond donors (Lipinski definition) is 0. The van der Waals surface area contributed by atoms with Gasteiger partial charge in [-0.25, -0.2) is 0 Å². The van der Waals surface area contributed by atoms with Crippen molar-refractivity contribution in [2.45, 2.75) is 20.3 Å². The lowest BCUT2D eigenvalue weighted by molar-refractivity contribution is -0.133. The van der Waals surface area contributed by atoms with Crippen molar-refractivity contribution in [3.05, 3.63) is 0 Å². The molecule has 1 amide bonds. The molecule has 4 heteroatoms. The summed E-state index contributed by atoms with van der Waals surface area (Å²) in [5.41, 5.74) is 0. The molecule has 80 valence electrons. The van der Waals surface area contributed by atoms with Gasteiger partial charge in [-0.1, -0.05) is 6.92 Å². The monoisotopic (exact) mass is 198 g/mol. The summed E-state index contributed by atoms with van der Waals surface area (Å²) in [4.78, 5) is 13.1. The molecule has 0 aromatic heterocycles. The number of amides is 1. The van der Waals surface area contributed by atoms with Gasteiger partial charge in [0, 0.05) is 20.2 Å². The quantitative estimate of drug-likeness (QED) is 0.599. The Morgan fingerprint density at radius 2 is 2.21 bits per heavy atom. The maximum Gasteiger partial charge on any atom is 0.239 e. The Hall–Kier alpha value is -1.08. The highest BCUT2D eigenvalue weighted by atomic mass is 16.5. The van der Waals surface area contributed by atoms with E-state index in [0.29, 0.717) is 26.2 Å². The molecule has 0 spiro atoms. The van der Waals surface area contributed by atoms with Crippen LogP contribution in [0.1, 0.15) is 20.3 Å². The van der Waals surface area contributed by atoms with Crippen LogP contribution in [0.25, 0.3) is 0 Å². The second kappa shape index (κ2) is 7.34. The van der Waals surface area contributed by atoms with Crippen LogP contribution in [0.15, 0.2) is 0 Å². The molecule has 0 bridgehead atoms. The third-order valence-electron chi connectivity index (χ3n) is 2.01. The Labute approximate surface area is 85.5 Å². The molecule has 0 aliphatic carbocycles. The molecule has 1 atom stereocenters. The van der Waals surface area contributed by atoms with E-state index in [1.54, 1.807) is 11.9 Å². The van der Waals surface area contributed by atoms with Crippen LogP contribution in [0.2, 0.25) is 0 Å². The summed E-state index contributed by atoms with van der Waals surface area (Å²) in [5.74, 6) is -0.628. The van der Waals surface area contributed by atoms with Gasteiger partial charge in [0.05, 0.1) is 12.7 Å². The number of carbonyl (C=O) groups is 1. The van der Waals surface area contributed by atoms with Crippen LogP contribution in [0, 0.1) is 17.2 Å². The van der Waals surface area contributed by atoms with Crippen LogP contribution in [0.4, 0.5) is 0 Å². The van der Waals surface area contributed by atoms with E-state index in [-0.39, 0.29) is 5.91 Å². The van der Waals surface area contributed by atoms with Crippen molar-refractivity contribution in [2.24, 2.45) is 5.92 Å². The zero-order valence-corrected chi connectivity index (χ0v) is 9.12. The van der Waals surface area contributed by atoms with Gasteiger partial charge < -0.3 is 9.64 Å². The zero-order chi connectivity index (χ0) is 11.0. The first-order valence-corrected chi connectivity index (χ1v) is 4.89. The normalized spacial score (nSPS) is 11.9. The smallest absolute Gasteiger partial charge is 0.239 e. The van der Waals surface area contributed by atoms with E-state index in [1.165, 1.54) is 0 Å². The largest absolute Gasteiger partial charge is 0.380 e. The fraction of sp³-hybridized carbons (Fsp3) is 0.800. The highest BCUT2D eigenvalue weighted by molar-refractivity contribution is 5.80. The molecule has 0 aliphatic rings. The van der Waals surface area contributed by atoms with Gasteiger partial charge in [-0.2, -0.15) is 5.26 Å². The average Bonchev–Trinajstić information content (AvgIpc) is 2.19. The first-order chi connectivity index (χ1) is 6.67. The summed E-state index contributed by atoms with van der Waals surface area (Å²) >= 11 is 0. The second-order valence-corrected chi connectivity index (χ2v) is 3.05. The zero-order valence-electron chi connectivity index (χ0n) is 9.12. The van der Waals surface area contributed by atoms with Crippen LogP contribution < -0.4 is 0 Å². The molecule has 0 aliphatic heterocycles. The van der Waals surface area contributed by atoms with Gasteiger partial charge in [0.15, 0.2) is 0 Å².